The molecule has 1 N–H and O–H groups in total. The molecule has 6 rings (SSSR count). The fourth-order valence-electron chi connectivity index (χ4n) is 7.10. The molecule has 2 atom stereocenters. The van der Waals surface area contributed by atoms with Gasteiger partial charge in [0.25, 0.3) is 11.8 Å². The van der Waals surface area contributed by atoms with E-state index in [0.717, 1.165) is 68.8 Å². The lowest BCUT2D eigenvalue weighted by Crippen LogP contribution is -2.54. The molecule has 2 aliphatic heterocycles. The monoisotopic (exact) mass is 605 g/mol. The molecule has 6 nitrogen and oxygen atoms in total. The molecule has 45 heavy (non-hydrogen) atoms. The highest BCUT2D eigenvalue weighted by atomic mass is 16.5. The molecule has 1 saturated carbocycles. The van der Waals surface area contributed by atoms with E-state index in [0.29, 0.717) is 24.4 Å². The predicted octanol–water partition coefficient (Wildman–Crippen LogP) is 6.78. The van der Waals surface area contributed by atoms with E-state index in [4.69, 9.17) is 4.74 Å². The van der Waals surface area contributed by atoms with Gasteiger partial charge >= 0.3 is 0 Å². The summed E-state index contributed by atoms with van der Waals surface area (Å²) >= 11 is 0. The number of rotatable bonds is 10. The Labute approximate surface area is 268 Å². The summed E-state index contributed by atoms with van der Waals surface area (Å²) in [6.45, 7) is 6.62. The van der Waals surface area contributed by atoms with Crippen LogP contribution in [0.5, 0.6) is 0 Å². The third-order valence-electron chi connectivity index (χ3n) is 9.77. The first-order valence-electron chi connectivity index (χ1n) is 16.9. The van der Waals surface area contributed by atoms with E-state index >= 15 is 0 Å². The number of likely N-dealkylation sites (tertiary alicyclic amines) is 1. The molecule has 0 spiro atoms. The van der Waals surface area contributed by atoms with Gasteiger partial charge in [-0.15, -0.1) is 0 Å². The van der Waals surface area contributed by atoms with Crippen molar-refractivity contribution in [3.8, 4) is 0 Å². The Kier molecular flexibility index (Phi) is 10.3. The summed E-state index contributed by atoms with van der Waals surface area (Å²) in [5.74, 6) is 1.05. The van der Waals surface area contributed by atoms with Gasteiger partial charge in [-0.25, -0.2) is 0 Å². The number of amides is 2. The number of morpholine rings is 1. The Morgan fingerprint density at radius 3 is 2.38 bits per heavy atom. The second-order valence-corrected chi connectivity index (χ2v) is 13.1. The van der Waals surface area contributed by atoms with Gasteiger partial charge in [0.1, 0.15) is 6.10 Å². The van der Waals surface area contributed by atoms with Crippen LogP contribution in [0.3, 0.4) is 0 Å². The number of nitrogens with one attached hydrogen (secondary N) is 1. The molecule has 2 heterocycles. The summed E-state index contributed by atoms with van der Waals surface area (Å²) in [7, 11) is 0. The number of benzene rings is 3. The normalized spacial score (nSPS) is 21.8. The quantitative estimate of drug-likeness (QED) is 0.204. The van der Waals surface area contributed by atoms with Crippen LogP contribution in [0.1, 0.15) is 77.6 Å². The summed E-state index contributed by atoms with van der Waals surface area (Å²) in [6.07, 6.45) is 10.7. The maximum Gasteiger partial charge on any atom is 0.289 e. The maximum atomic E-state index is 13.6. The summed E-state index contributed by atoms with van der Waals surface area (Å²) in [4.78, 5) is 31.0. The molecule has 0 aromatic heterocycles. The first kappa shape index (κ1) is 31.1. The SMILES string of the molecule is Cc1ccc(CN2C(=O)/C(=C\c3ccc(C(=O)NCCCN4CCC(Cc5ccccc5)CC4)cc3)OC3CCCCC32)cc1. The number of carbonyl (C=O) groups is 2. The van der Waals surface area contributed by atoms with Crippen LogP contribution in [0, 0.1) is 12.8 Å². The Morgan fingerprint density at radius 1 is 0.889 bits per heavy atom. The minimum Gasteiger partial charge on any atom is -0.482 e. The van der Waals surface area contributed by atoms with Crippen molar-refractivity contribution in [1.29, 1.82) is 0 Å². The second kappa shape index (κ2) is 14.9. The number of hydrogen-bond acceptors (Lipinski definition) is 4. The van der Waals surface area contributed by atoms with Crippen molar-refractivity contribution in [1.82, 2.24) is 15.1 Å². The number of aryl methyl sites for hydroxylation is 1. The van der Waals surface area contributed by atoms with Crippen LogP contribution in [0.15, 0.2) is 84.6 Å². The van der Waals surface area contributed by atoms with Crippen molar-refractivity contribution in [2.75, 3.05) is 26.2 Å². The van der Waals surface area contributed by atoms with Gasteiger partial charge in [0.05, 0.1) is 6.04 Å². The van der Waals surface area contributed by atoms with Gasteiger partial charge in [-0.1, -0.05) is 78.7 Å². The van der Waals surface area contributed by atoms with Crippen molar-refractivity contribution >= 4 is 17.9 Å². The zero-order chi connectivity index (χ0) is 31.0. The summed E-state index contributed by atoms with van der Waals surface area (Å²) in [5, 5.41) is 3.08. The Hall–Kier alpha value is -3.90. The standard InChI is InChI=1S/C39H47N3O3/c1-29-12-14-33(15-13-29)28-42-35-10-5-6-11-36(35)45-37(39(42)44)27-31-16-18-34(19-17-31)38(43)40-22-7-23-41-24-20-32(21-25-41)26-30-8-3-2-4-9-30/h2-4,8-9,12-19,27,32,35-36H,5-7,10-11,20-26,28H2,1H3,(H,40,43)/b37-27+. The van der Waals surface area contributed by atoms with Crippen molar-refractivity contribution in [2.45, 2.75) is 77.0 Å². The zero-order valence-electron chi connectivity index (χ0n) is 26.6. The molecule has 3 fully saturated rings. The van der Waals surface area contributed by atoms with Crippen LogP contribution in [0.2, 0.25) is 0 Å². The molecule has 236 valence electrons. The molecule has 3 aliphatic rings. The van der Waals surface area contributed by atoms with E-state index in [1.807, 2.05) is 35.2 Å². The number of fused-ring (bicyclic) bond motifs is 1. The van der Waals surface area contributed by atoms with Crippen LogP contribution >= 0.6 is 0 Å². The molecule has 2 amide bonds. The van der Waals surface area contributed by atoms with Crippen LogP contribution in [0.25, 0.3) is 6.08 Å². The summed E-state index contributed by atoms with van der Waals surface area (Å²) in [5.41, 5.74) is 5.28. The molecule has 6 heteroatoms. The van der Waals surface area contributed by atoms with E-state index in [9.17, 15) is 9.59 Å². The predicted molar refractivity (Wildman–Crippen MR) is 180 cm³/mol. The fourth-order valence-corrected chi connectivity index (χ4v) is 7.10. The number of piperidine rings is 1. The number of carbonyl (C=O) groups excluding carboxylic acids is 2. The van der Waals surface area contributed by atoms with Gasteiger partial charge in [-0.2, -0.15) is 0 Å². The third-order valence-corrected chi connectivity index (χ3v) is 9.77. The van der Waals surface area contributed by atoms with Crippen molar-refractivity contribution in [3.63, 3.8) is 0 Å². The molecule has 3 aromatic rings. The van der Waals surface area contributed by atoms with Gasteiger partial charge in [-0.3, -0.25) is 9.59 Å². The minimum atomic E-state index is -0.0601. The smallest absolute Gasteiger partial charge is 0.289 e. The maximum absolute atomic E-state index is 13.6. The lowest BCUT2D eigenvalue weighted by atomic mass is 9.89. The molecule has 0 radical (unpaired) electrons. The van der Waals surface area contributed by atoms with Crippen molar-refractivity contribution < 1.29 is 14.3 Å². The highest BCUT2D eigenvalue weighted by Crippen LogP contribution is 2.34. The first-order valence-corrected chi connectivity index (χ1v) is 16.9. The van der Waals surface area contributed by atoms with E-state index in [2.05, 4.69) is 71.7 Å². The fraction of sp³-hybridized carbons (Fsp3) is 0.436. The van der Waals surface area contributed by atoms with E-state index in [1.165, 1.54) is 30.4 Å². The Bertz CT molecular complexity index is 1440. The van der Waals surface area contributed by atoms with Crippen LogP contribution in [0.4, 0.5) is 0 Å². The number of nitrogens with zero attached hydrogens (tertiary/aromatic N) is 2. The van der Waals surface area contributed by atoms with E-state index < -0.39 is 0 Å². The van der Waals surface area contributed by atoms with Crippen LogP contribution in [-0.4, -0.2) is 59.9 Å². The molecule has 2 saturated heterocycles. The average molecular weight is 606 g/mol. The summed E-state index contributed by atoms with van der Waals surface area (Å²) < 4.78 is 6.31. The average Bonchev–Trinajstić information content (AvgIpc) is 3.07. The first-order chi connectivity index (χ1) is 22.0. The topological polar surface area (TPSA) is 61.9 Å². The Morgan fingerprint density at radius 2 is 1.62 bits per heavy atom. The molecule has 0 bridgehead atoms. The molecule has 3 aromatic carbocycles. The van der Waals surface area contributed by atoms with Gasteiger partial charge in [-0.05, 0) is 112 Å². The van der Waals surface area contributed by atoms with Crippen LogP contribution in [-0.2, 0) is 22.5 Å². The van der Waals surface area contributed by atoms with Gasteiger partial charge in [0.15, 0.2) is 5.76 Å². The lowest BCUT2D eigenvalue weighted by molar-refractivity contribution is -0.149. The number of ether oxygens (including phenoxy) is 1. The summed E-state index contributed by atoms with van der Waals surface area (Å²) in [6, 6.07) is 26.8. The van der Waals surface area contributed by atoms with E-state index in [1.54, 1.807) is 0 Å². The lowest BCUT2D eigenvalue weighted by Gasteiger charge is -2.44. The van der Waals surface area contributed by atoms with Crippen molar-refractivity contribution in [2.24, 2.45) is 5.92 Å². The molecule has 2 unspecified atom stereocenters. The van der Waals surface area contributed by atoms with Gasteiger partial charge in [0, 0.05) is 18.7 Å². The number of hydrogen-bond donors (Lipinski definition) is 1. The minimum absolute atomic E-state index is 0.0267. The highest BCUT2D eigenvalue weighted by molar-refractivity contribution is 5.97. The third kappa shape index (κ3) is 8.23. The second-order valence-electron chi connectivity index (χ2n) is 13.1. The molecular formula is C39H47N3O3. The van der Waals surface area contributed by atoms with E-state index in [-0.39, 0.29) is 24.0 Å². The highest BCUT2D eigenvalue weighted by Gasteiger charge is 2.41. The van der Waals surface area contributed by atoms with Crippen molar-refractivity contribution in [3.05, 3.63) is 112 Å². The molecular weight excluding hydrogens is 558 g/mol. The zero-order valence-corrected chi connectivity index (χ0v) is 26.6. The molecule has 1 aliphatic carbocycles. The Balaban J connectivity index is 0.978. The van der Waals surface area contributed by atoms with Gasteiger partial charge in [0.2, 0.25) is 0 Å². The van der Waals surface area contributed by atoms with Crippen LogP contribution < -0.4 is 5.32 Å². The largest absolute Gasteiger partial charge is 0.482 e. The van der Waals surface area contributed by atoms with Gasteiger partial charge < -0.3 is 19.9 Å².